The average Bonchev–Trinajstić information content (AvgIpc) is 2.75. The van der Waals surface area contributed by atoms with Crippen molar-refractivity contribution >= 4 is 0 Å². The van der Waals surface area contributed by atoms with Gasteiger partial charge in [-0.25, -0.2) is 4.98 Å². The number of nitrogens with zero attached hydrogens (tertiary/aromatic N) is 2. The van der Waals surface area contributed by atoms with Gasteiger partial charge in [-0.3, -0.25) is 5.10 Å². The summed E-state index contributed by atoms with van der Waals surface area (Å²) in [4.78, 5) is 4.39. The third-order valence-corrected chi connectivity index (χ3v) is 2.49. The molecule has 0 atom stereocenters. The highest BCUT2D eigenvalue weighted by Gasteiger charge is 2.06. The maximum absolute atomic E-state index is 9.22. The van der Waals surface area contributed by atoms with Gasteiger partial charge in [-0.1, -0.05) is 13.3 Å². The van der Waals surface area contributed by atoms with Crippen LogP contribution in [0.2, 0.25) is 0 Å². The van der Waals surface area contributed by atoms with Crippen LogP contribution in [0.5, 0.6) is 11.8 Å². The molecule has 0 saturated carbocycles. The van der Waals surface area contributed by atoms with Crippen molar-refractivity contribution in [3.05, 3.63) is 35.2 Å². The van der Waals surface area contributed by atoms with E-state index in [4.69, 9.17) is 4.74 Å². The monoisotopic (exact) mass is 247 g/mol. The number of aryl methyl sites for hydroxylation is 2. The minimum atomic E-state index is -0.0187. The molecule has 0 aliphatic rings. The second-order valence-corrected chi connectivity index (χ2v) is 4.20. The van der Waals surface area contributed by atoms with E-state index in [1.807, 2.05) is 13.0 Å². The summed E-state index contributed by atoms with van der Waals surface area (Å²) < 4.78 is 5.56. The first-order valence-corrected chi connectivity index (χ1v) is 6.02. The molecular formula is C13H17N3O2. The summed E-state index contributed by atoms with van der Waals surface area (Å²) in [5.41, 5.74) is 2.65. The van der Waals surface area contributed by atoms with Crippen molar-refractivity contribution in [1.82, 2.24) is 15.2 Å². The highest BCUT2D eigenvalue weighted by Crippen LogP contribution is 2.20. The van der Waals surface area contributed by atoms with Gasteiger partial charge in [0.1, 0.15) is 0 Å². The molecule has 2 heterocycles. The Kier molecular flexibility index (Phi) is 3.94. The molecule has 0 bridgehead atoms. The molecule has 5 heteroatoms. The zero-order valence-electron chi connectivity index (χ0n) is 10.6. The Bertz CT molecular complexity index is 523. The predicted octanol–water partition coefficient (Wildman–Crippen LogP) is 2.35. The third kappa shape index (κ3) is 3.07. The number of H-pyrrole nitrogens is 1. The number of rotatable bonds is 5. The van der Waals surface area contributed by atoms with E-state index in [2.05, 4.69) is 22.1 Å². The summed E-state index contributed by atoms with van der Waals surface area (Å²) >= 11 is 0. The Morgan fingerprint density at radius 3 is 2.72 bits per heavy atom. The van der Waals surface area contributed by atoms with E-state index in [1.165, 1.54) is 0 Å². The molecule has 18 heavy (non-hydrogen) atoms. The molecule has 2 N–H and O–H groups in total. The molecule has 0 aliphatic heterocycles. The number of aromatic nitrogens is 3. The van der Waals surface area contributed by atoms with Gasteiger partial charge in [0.2, 0.25) is 11.8 Å². The molecule has 0 radical (unpaired) electrons. The van der Waals surface area contributed by atoms with Crippen LogP contribution in [-0.2, 0) is 13.0 Å². The van der Waals surface area contributed by atoms with Crippen LogP contribution in [0.4, 0.5) is 0 Å². The lowest BCUT2D eigenvalue weighted by atomic mass is 10.2. The van der Waals surface area contributed by atoms with Gasteiger partial charge in [0, 0.05) is 23.5 Å². The van der Waals surface area contributed by atoms with E-state index in [-0.39, 0.29) is 6.61 Å². The average molecular weight is 247 g/mol. The van der Waals surface area contributed by atoms with Crippen LogP contribution in [0.15, 0.2) is 18.2 Å². The zero-order valence-corrected chi connectivity index (χ0v) is 10.6. The number of pyridine rings is 1. The number of hydrogen-bond acceptors (Lipinski definition) is 4. The Labute approximate surface area is 106 Å². The summed E-state index contributed by atoms with van der Waals surface area (Å²) in [6, 6.07) is 5.42. The van der Waals surface area contributed by atoms with Crippen molar-refractivity contribution < 1.29 is 9.84 Å². The van der Waals surface area contributed by atoms with Crippen molar-refractivity contribution in [3.63, 3.8) is 0 Å². The lowest BCUT2D eigenvalue weighted by molar-refractivity contribution is 0.280. The van der Waals surface area contributed by atoms with Crippen LogP contribution in [0.1, 0.15) is 30.3 Å². The van der Waals surface area contributed by atoms with E-state index >= 15 is 0 Å². The molecular weight excluding hydrogens is 230 g/mol. The molecule has 0 saturated heterocycles. The fraction of sp³-hybridized carbons (Fsp3) is 0.385. The molecule has 2 rings (SSSR count). The van der Waals surface area contributed by atoms with Gasteiger partial charge >= 0.3 is 0 Å². The van der Waals surface area contributed by atoms with Crippen molar-refractivity contribution in [2.75, 3.05) is 0 Å². The van der Waals surface area contributed by atoms with Gasteiger partial charge < -0.3 is 9.84 Å². The Morgan fingerprint density at radius 2 is 2.11 bits per heavy atom. The Hall–Kier alpha value is -1.88. The smallest absolute Gasteiger partial charge is 0.240 e. The quantitative estimate of drug-likeness (QED) is 0.850. The van der Waals surface area contributed by atoms with Gasteiger partial charge in [-0.15, -0.1) is 5.10 Å². The number of hydrogen-bond donors (Lipinski definition) is 2. The molecule has 0 aliphatic carbocycles. The molecule has 0 aromatic carbocycles. The van der Waals surface area contributed by atoms with Crippen LogP contribution < -0.4 is 4.74 Å². The molecule has 0 unspecified atom stereocenters. The largest absolute Gasteiger partial charge is 0.419 e. The normalized spacial score (nSPS) is 10.6. The second-order valence-electron chi connectivity index (χ2n) is 4.20. The molecule has 2 aromatic rings. The molecule has 0 amide bonds. The van der Waals surface area contributed by atoms with Gasteiger partial charge in [0.25, 0.3) is 0 Å². The van der Waals surface area contributed by atoms with Gasteiger partial charge in [-0.2, -0.15) is 0 Å². The van der Waals surface area contributed by atoms with Crippen molar-refractivity contribution in [2.24, 2.45) is 0 Å². The van der Waals surface area contributed by atoms with Crippen LogP contribution in [-0.4, -0.2) is 20.3 Å². The van der Waals surface area contributed by atoms with Crippen molar-refractivity contribution in [3.8, 4) is 11.8 Å². The van der Waals surface area contributed by atoms with Crippen LogP contribution >= 0.6 is 0 Å². The van der Waals surface area contributed by atoms with Crippen LogP contribution in [0.25, 0.3) is 0 Å². The minimum Gasteiger partial charge on any atom is -0.419 e. The van der Waals surface area contributed by atoms with Crippen LogP contribution in [0, 0.1) is 6.92 Å². The Morgan fingerprint density at radius 1 is 1.28 bits per heavy atom. The fourth-order valence-corrected chi connectivity index (χ4v) is 1.70. The number of aliphatic hydroxyl groups is 1. The maximum atomic E-state index is 9.22. The van der Waals surface area contributed by atoms with E-state index in [0.29, 0.717) is 11.8 Å². The van der Waals surface area contributed by atoms with Crippen molar-refractivity contribution in [2.45, 2.75) is 33.3 Å². The van der Waals surface area contributed by atoms with Gasteiger partial charge in [0.05, 0.1) is 6.61 Å². The molecule has 0 spiro atoms. The standard InChI is InChI=1S/C13H17N3O2/c1-3-4-11-6-10(8-17)7-12(14-11)18-13-5-9(2)15-16-13/h5-7,17H,3-4,8H2,1-2H3,(H,15,16). The van der Waals surface area contributed by atoms with Crippen molar-refractivity contribution in [1.29, 1.82) is 0 Å². The topological polar surface area (TPSA) is 71.0 Å². The van der Waals surface area contributed by atoms with E-state index in [9.17, 15) is 5.11 Å². The number of ether oxygens (including phenoxy) is 1. The van der Waals surface area contributed by atoms with Gasteiger partial charge in [0.15, 0.2) is 0 Å². The predicted molar refractivity (Wildman–Crippen MR) is 67.6 cm³/mol. The Balaban J connectivity index is 2.23. The first-order valence-electron chi connectivity index (χ1n) is 6.02. The third-order valence-electron chi connectivity index (χ3n) is 2.49. The highest BCUT2D eigenvalue weighted by molar-refractivity contribution is 5.28. The lowest BCUT2D eigenvalue weighted by Gasteiger charge is -2.06. The van der Waals surface area contributed by atoms with Crippen LogP contribution in [0.3, 0.4) is 0 Å². The molecule has 5 nitrogen and oxygen atoms in total. The number of nitrogens with one attached hydrogen (secondary N) is 1. The van der Waals surface area contributed by atoms with E-state index in [1.54, 1.807) is 12.1 Å². The molecule has 96 valence electrons. The zero-order chi connectivity index (χ0) is 13.0. The molecule has 0 fully saturated rings. The van der Waals surface area contributed by atoms with E-state index in [0.717, 1.165) is 29.8 Å². The summed E-state index contributed by atoms with van der Waals surface area (Å²) in [5, 5.41) is 16.0. The molecule has 2 aromatic heterocycles. The SMILES string of the molecule is CCCc1cc(CO)cc(Oc2cc(C)[nH]n2)n1. The van der Waals surface area contributed by atoms with Gasteiger partial charge in [-0.05, 0) is 25.0 Å². The number of aliphatic hydroxyl groups excluding tert-OH is 1. The summed E-state index contributed by atoms with van der Waals surface area (Å²) in [7, 11) is 0. The van der Waals surface area contributed by atoms with E-state index < -0.39 is 0 Å². The first kappa shape index (κ1) is 12.6. The maximum Gasteiger partial charge on any atom is 0.240 e. The summed E-state index contributed by atoms with van der Waals surface area (Å²) in [6.45, 7) is 3.97. The highest BCUT2D eigenvalue weighted by atomic mass is 16.5. The summed E-state index contributed by atoms with van der Waals surface area (Å²) in [5.74, 6) is 0.953. The lowest BCUT2D eigenvalue weighted by Crippen LogP contribution is -1.97. The first-order chi connectivity index (χ1) is 8.71. The fourth-order valence-electron chi connectivity index (χ4n) is 1.70. The minimum absolute atomic E-state index is 0.0187. The summed E-state index contributed by atoms with van der Waals surface area (Å²) in [6.07, 6.45) is 1.87. The number of aromatic amines is 1. The second kappa shape index (κ2) is 5.64.